The third-order valence-corrected chi connectivity index (χ3v) is 3.94. The van der Waals surface area contributed by atoms with Gasteiger partial charge < -0.3 is 5.32 Å². The lowest BCUT2D eigenvalue weighted by molar-refractivity contribution is -0.115. The van der Waals surface area contributed by atoms with Gasteiger partial charge >= 0.3 is 0 Å². The molecule has 0 radical (unpaired) electrons. The van der Waals surface area contributed by atoms with Crippen LogP contribution < -0.4 is 5.32 Å². The molecule has 2 aromatic rings. The predicted octanol–water partition coefficient (Wildman–Crippen LogP) is 4.11. The summed E-state index contributed by atoms with van der Waals surface area (Å²) >= 11 is 1.56. The molecule has 19 heavy (non-hydrogen) atoms. The van der Waals surface area contributed by atoms with E-state index in [0.29, 0.717) is 0 Å². The second-order valence-corrected chi connectivity index (χ2v) is 5.79. The molecule has 0 fully saturated rings. The summed E-state index contributed by atoms with van der Waals surface area (Å²) in [6, 6.07) is 17.8. The Bertz CT molecular complexity index is 554. The molecule has 0 heterocycles. The number of carbonyl (C=O) groups is 1. The van der Waals surface area contributed by atoms with E-state index in [9.17, 15) is 4.79 Å². The lowest BCUT2D eigenvalue weighted by Crippen LogP contribution is -2.22. The molecule has 0 saturated heterocycles. The van der Waals surface area contributed by atoms with Crippen LogP contribution in [0.4, 0.5) is 5.69 Å². The number of benzene rings is 2. The first-order chi connectivity index (χ1) is 9.16. The van der Waals surface area contributed by atoms with E-state index in [1.807, 2.05) is 68.4 Å². The molecule has 0 aliphatic rings. The number of aryl methyl sites for hydroxylation is 1. The normalized spacial score (nSPS) is 11.9. The van der Waals surface area contributed by atoms with Crippen molar-refractivity contribution < 1.29 is 4.79 Å². The van der Waals surface area contributed by atoms with E-state index in [-0.39, 0.29) is 11.2 Å². The minimum atomic E-state index is -0.123. The van der Waals surface area contributed by atoms with Gasteiger partial charge in [-0.3, -0.25) is 4.79 Å². The summed E-state index contributed by atoms with van der Waals surface area (Å²) in [6.07, 6.45) is 0. The number of amides is 1. The topological polar surface area (TPSA) is 29.1 Å². The summed E-state index contributed by atoms with van der Waals surface area (Å²) in [5.74, 6) is 0.0307. The van der Waals surface area contributed by atoms with Gasteiger partial charge in [-0.15, -0.1) is 11.8 Å². The average molecular weight is 271 g/mol. The van der Waals surface area contributed by atoms with E-state index in [0.717, 1.165) is 16.1 Å². The number of para-hydroxylation sites is 1. The molecule has 1 amide bonds. The van der Waals surface area contributed by atoms with Crippen LogP contribution in [0.2, 0.25) is 0 Å². The number of hydrogen-bond acceptors (Lipinski definition) is 2. The molecule has 0 aliphatic heterocycles. The van der Waals surface area contributed by atoms with Crippen molar-refractivity contribution in [2.75, 3.05) is 5.32 Å². The summed E-state index contributed by atoms with van der Waals surface area (Å²) in [7, 11) is 0. The number of thioether (sulfide) groups is 1. The third kappa shape index (κ3) is 3.86. The molecule has 3 heteroatoms. The first-order valence-electron chi connectivity index (χ1n) is 6.25. The maximum Gasteiger partial charge on any atom is 0.237 e. The van der Waals surface area contributed by atoms with Gasteiger partial charge in [0.25, 0.3) is 0 Å². The maximum absolute atomic E-state index is 12.1. The van der Waals surface area contributed by atoms with E-state index < -0.39 is 0 Å². The van der Waals surface area contributed by atoms with Gasteiger partial charge in [-0.25, -0.2) is 0 Å². The third-order valence-electron chi connectivity index (χ3n) is 2.83. The van der Waals surface area contributed by atoms with Gasteiger partial charge in [0.15, 0.2) is 0 Å². The molecule has 0 saturated carbocycles. The van der Waals surface area contributed by atoms with E-state index >= 15 is 0 Å². The minimum absolute atomic E-state index is 0.0307. The van der Waals surface area contributed by atoms with Crippen molar-refractivity contribution in [2.45, 2.75) is 24.0 Å². The highest BCUT2D eigenvalue weighted by molar-refractivity contribution is 8.00. The molecule has 2 rings (SSSR count). The van der Waals surface area contributed by atoms with Crippen molar-refractivity contribution in [3.8, 4) is 0 Å². The lowest BCUT2D eigenvalue weighted by atomic mass is 10.2. The number of anilines is 1. The molecule has 2 nitrogen and oxygen atoms in total. The Hall–Kier alpha value is -1.74. The Morgan fingerprint density at radius 2 is 1.68 bits per heavy atom. The van der Waals surface area contributed by atoms with Crippen LogP contribution in [0, 0.1) is 6.92 Å². The predicted molar refractivity (Wildman–Crippen MR) is 81.6 cm³/mol. The highest BCUT2D eigenvalue weighted by atomic mass is 32.2. The Morgan fingerprint density at radius 1 is 1.05 bits per heavy atom. The van der Waals surface area contributed by atoms with Crippen molar-refractivity contribution in [2.24, 2.45) is 0 Å². The van der Waals surface area contributed by atoms with Gasteiger partial charge in [0.1, 0.15) is 0 Å². The fourth-order valence-corrected chi connectivity index (χ4v) is 2.59. The van der Waals surface area contributed by atoms with Gasteiger partial charge in [-0.1, -0.05) is 36.4 Å². The smallest absolute Gasteiger partial charge is 0.237 e. The molecular weight excluding hydrogens is 254 g/mol. The first kappa shape index (κ1) is 13.7. The monoisotopic (exact) mass is 271 g/mol. The summed E-state index contributed by atoms with van der Waals surface area (Å²) in [6.45, 7) is 3.91. The zero-order chi connectivity index (χ0) is 13.7. The van der Waals surface area contributed by atoms with Crippen LogP contribution in [0.5, 0.6) is 0 Å². The summed E-state index contributed by atoms with van der Waals surface area (Å²) in [5, 5.41) is 2.85. The molecule has 2 aromatic carbocycles. The number of carbonyl (C=O) groups excluding carboxylic acids is 1. The fourth-order valence-electron chi connectivity index (χ4n) is 1.70. The maximum atomic E-state index is 12.1. The van der Waals surface area contributed by atoms with Crippen molar-refractivity contribution in [1.82, 2.24) is 0 Å². The number of nitrogens with one attached hydrogen (secondary N) is 1. The van der Waals surface area contributed by atoms with Crippen LogP contribution in [0.1, 0.15) is 12.5 Å². The number of hydrogen-bond donors (Lipinski definition) is 1. The van der Waals surface area contributed by atoms with Gasteiger partial charge in [0.2, 0.25) is 5.91 Å². The fraction of sp³-hybridized carbons (Fsp3) is 0.188. The van der Waals surface area contributed by atoms with E-state index in [4.69, 9.17) is 0 Å². The quantitative estimate of drug-likeness (QED) is 0.848. The summed E-state index contributed by atoms with van der Waals surface area (Å²) in [4.78, 5) is 13.2. The van der Waals surface area contributed by atoms with Crippen LogP contribution in [-0.4, -0.2) is 11.2 Å². The van der Waals surface area contributed by atoms with Crippen LogP contribution in [0.15, 0.2) is 59.5 Å². The van der Waals surface area contributed by atoms with E-state index in [1.54, 1.807) is 11.8 Å². The van der Waals surface area contributed by atoms with Crippen LogP contribution in [-0.2, 0) is 4.79 Å². The van der Waals surface area contributed by atoms with Crippen molar-refractivity contribution in [3.63, 3.8) is 0 Å². The molecule has 0 aromatic heterocycles. The Balaban J connectivity index is 1.99. The summed E-state index contributed by atoms with van der Waals surface area (Å²) in [5.41, 5.74) is 1.96. The van der Waals surface area contributed by atoms with Gasteiger partial charge in [-0.2, -0.15) is 0 Å². The van der Waals surface area contributed by atoms with Crippen molar-refractivity contribution >= 4 is 23.4 Å². The molecule has 0 aliphatic carbocycles. The Morgan fingerprint density at radius 3 is 2.37 bits per heavy atom. The largest absolute Gasteiger partial charge is 0.325 e. The lowest BCUT2D eigenvalue weighted by Gasteiger charge is -2.13. The minimum Gasteiger partial charge on any atom is -0.325 e. The Kier molecular flexibility index (Phi) is 4.63. The SMILES string of the molecule is Cc1ccccc1NC(=O)[C@H](C)Sc1ccccc1. The molecule has 0 spiro atoms. The second-order valence-electron chi connectivity index (χ2n) is 4.38. The zero-order valence-corrected chi connectivity index (χ0v) is 11.9. The molecule has 98 valence electrons. The summed E-state index contributed by atoms with van der Waals surface area (Å²) < 4.78 is 0. The highest BCUT2D eigenvalue weighted by Gasteiger charge is 2.14. The molecule has 1 N–H and O–H groups in total. The van der Waals surface area contributed by atoms with E-state index in [1.165, 1.54) is 0 Å². The average Bonchev–Trinajstić information content (AvgIpc) is 2.42. The standard InChI is InChI=1S/C16H17NOS/c1-12-8-6-7-11-15(12)17-16(18)13(2)19-14-9-4-3-5-10-14/h3-11,13H,1-2H3,(H,17,18)/t13-/m0/s1. The molecule has 0 bridgehead atoms. The second kappa shape index (κ2) is 6.43. The Labute approximate surface area is 118 Å². The van der Waals surface area contributed by atoms with Crippen LogP contribution >= 0.6 is 11.8 Å². The first-order valence-corrected chi connectivity index (χ1v) is 7.13. The van der Waals surface area contributed by atoms with Crippen LogP contribution in [0.25, 0.3) is 0 Å². The van der Waals surface area contributed by atoms with Gasteiger partial charge in [0.05, 0.1) is 5.25 Å². The van der Waals surface area contributed by atoms with E-state index in [2.05, 4.69) is 5.32 Å². The van der Waals surface area contributed by atoms with Crippen LogP contribution in [0.3, 0.4) is 0 Å². The molecule has 0 unspecified atom stereocenters. The number of rotatable bonds is 4. The molecule has 1 atom stereocenters. The van der Waals surface area contributed by atoms with Gasteiger partial charge in [-0.05, 0) is 37.6 Å². The highest BCUT2D eigenvalue weighted by Crippen LogP contribution is 2.24. The molecular formula is C16H17NOS. The zero-order valence-electron chi connectivity index (χ0n) is 11.1. The van der Waals surface area contributed by atoms with Crippen molar-refractivity contribution in [1.29, 1.82) is 0 Å². The van der Waals surface area contributed by atoms with Gasteiger partial charge in [0, 0.05) is 10.6 Å². The van der Waals surface area contributed by atoms with Crippen molar-refractivity contribution in [3.05, 3.63) is 60.2 Å².